The molecule has 0 aliphatic rings. The minimum atomic E-state index is -0.724. The fraction of sp³-hybridized carbons (Fsp3) is 0.310. The monoisotopic (exact) mass is 508 g/mol. The maximum absolute atomic E-state index is 13.6. The van der Waals surface area contributed by atoms with Crippen LogP contribution in [0.1, 0.15) is 30.9 Å². The van der Waals surface area contributed by atoms with Gasteiger partial charge in [-0.15, -0.1) is 0 Å². The van der Waals surface area contributed by atoms with Crippen LogP contribution in [0.25, 0.3) is 0 Å². The molecule has 0 bridgehead atoms. The number of benzene rings is 3. The molecule has 1 N–H and O–H groups in total. The number of para-hydroxylation sites is 1. The van der Waals surface area contributed by atoms with Crippen LogP contribution in [0.3, 0.4) is 0 Å². The first-order valence-corrected chi connectivity index (χ1v) is 12.5. The molecule has 0 fully saturated rings. The Balaban J connectivity index is 1.91. The second-order valence-corrected chi connectivity index (χ2v) is 8.85. The van der Waals surface area contributed by atoms with Crippen molar-refractivity contribution in [2.24, 2.45) is 0 Å². The lowest BCUT2D eigenvalue weighted by Gasteiger charge is -2.31. The van der Waals surface area contributed by atoms with Crippen molar-refractivity contribution in [1.29, 1.82) is 0 Å². The highest BCUT2D eigenvalue weighted by molar-refractivity contribution is 6.32. The molecule has 0 radical (unpaired) electrons. The van der Waals surface area contributed by atoms with Gasteiger partial charge in [-0.05, 0) is 41.8 Å². The third-order valence-corrected chi connectivity index (χ3v) is 6.09. The molecule has 0 heterocycles. The molecule has 3 rings (SSSR count). The first kappa shape index (κ1) is 27.1. The predicted octanol–water partition coefficient (Wildman–Crippen LogP) is 5.28. The van der Waals surface area contributed by atoms with E-state index < -0.39 is 6.04 Å². The average Bonchev–Trinajstić information content (AvgIpc) is 2.90. The van der Waals surface area contributed by atoms with E-state index >= 15 is 0 Å². The van der Waals surface area contributed by atoms with E-state index in [0.717, 1.165) is 24.0 Å². The molecule has 190 valence electrons. The lowest BCUT2D eigenvalue weighted by atomic mass is 10.0. The second kappa shape index (κ2) is 14.1. The van der Waals surface area contributed by atoms with Crippen molar-refractivity contribution in [2.75, 3.05) is 20.3 Å². The summed E-state index contributed by atoms with van der Waals surface area (Å²) in [6, 6.07) is 23.5. The van der Waals surface area contributed by atoms with Crippen molar-refractivity contribution in [1.82, 2.24) is 10.2 Å². The molecule has 6 nitrogen and oxygen atoms in total. The van der Waals surface area contributed by atoms with Crippen molar-refractivity contribution >= 4 is 23.4 Å². The van der Waals surface area contributed by atoms with Crippen molar-refractivity contribution < 1.29 is 19.1 Å². The molecule has 1 atom stereocenters. The maximum Gasteiger partial charge on any atom is 0.261 e. The summed E-state index contributed by atoms with van der Waals surface area (Å²) in [7, 11) is 1.60. The third kappa shape index (κ3) is 8.02. The largest absolute Gasteiger partial charge is 0.497 e. The van der Waals surface area contributed by atoms with Crippen LogP contribution in [0.15, 0.2) is 78.9 Å². The number of amides is 2. The molecule has 0 saturated heterocycles. The van der Waals surface area contributed by atoms with Crippen LogP contribution >= 0.6 is 11.6 Å². The summed E-state index contributed by atoms with van der Waals surface area (Å²) in [5.41, 5.74) is 1.81. The highest BCUT2D eigenvalue weighted by Gasteiger charge is 2.30. The minimum Gasteiger partial charge on any atom is -0.497 e. The highest BCUT2D eigenvalue weighted by Crippen LogP contribution is 2.24. The molecule has 0 aliphatic carbocycles. The van der Waals surface area contributed by atoms with E-state index in [9.17, 15) is 9.59 Å². The summed E-state index contributed by atoms with van der Waals surface area (Å²) < 4.78 is 11.1. The molecule has 0 aromatic heterocycles. The normalized spacial score (nSPS) is 11.4. The number of hydrogen-bond donors (Lipinski definition) is 1. The fourth-order valence-corrected chi connectivity index (χ4v) is 4.00. The Bertz CT molecular complexity index is 1120. The summed E-state index contributed by atoms with van der Waals surface area (Å²) in [5.74, 6) is 0.589. The van der Waals surface area contributed by atoms with Crippen molar-refractivity contribution in [3.8, 4) is 11.5 Å². The van der Waals surface area contributed by atoms with Gasteiger partial charge in [0.2, 0.25) is 5.91 Å². The van der Waals surface area contributed by atoms with Gasteiger partial charge in [0.05, 0.1) is 12.1 Å². The van der Waals surface area contributed by atoms with Gasteiger partial charge >= 0.3 is 0 Å². The molecule has 7 heteroatoms. The molecular weight excluding hydrogens is 476 g/mol. The molecule has 0 unspecified atom stereocenters. The van der Waals surface area contributed by atoms with Crippen LogP contribution in [0.2, 0.25) is 5.02 Å². The Kier molecular flexibility index (Phi) is 10.6. The van der Waals surface area contributed by atoms with Gasteiger partial charge in [-0.25, -0.2) is 0 Å². The van der Waals surface area contributed by atoms with Gasteiger partial charge in [0, 0.05) is 19.5 Å². The van der Waals surface area contributed by atoms with E-state index in [1.807, 2.05) is 54.6 Å². The Hall–Kier alpha value is -3.51. The van der Waals surface area contributed by atoms with Crippen molar-refractivity contribution in [3.63, 3.8) is 0 Å². The lowest BCUT2D eigenvalue weighted by Crippen LogP contribution is -2.51. The van der Waals surface area contributed by atoms with Crippen LogP contribution in [0, 0.1) is 0 Å². The van der Waals surface area contributed by atoms with Crippen LogP contribution in [-0.4, -0.2) is 43.0 Å². The summed E-state index contributed by atoms with van der Waals surface area (Å²) >= 11 is 6.21. The van der Waals surface area contributed by atoms with Crippen LogP contribution in [0.5, 0.6) is 11.5 Å². The van der Waals surface area contributed by atoms with E-state index in [1.165, 1.54) is 0 Å². The zero-order chi connectivity index (χ0) is 25.8. The number of carbonyl (C=O) groups is 2. The molecule has 3 aromatic carbocycles. The van der Waals surface area contributed by atoms with Crippen LogP contribution in [0.4, 0.5) is 0 Å². The number of methoxy groups -OCH3 is 1. The molecule has 36 heavy (non-hydrogen) atoms. The smallest absolute Gasteiger partial charge is 0.261 e. The molecule has 0 spiro atoms. The Morgan fingerprint density at radius 2 is 1.69 bits per heavy atom. The predicted molar refractivity (Wildman–Crippen MR) is 142 cm³/mol. The van der Waals surface area contributed by atoms with E-state index in [4.69, 9.17) is 21.1 Å². The summed E-state index contributed by atoms with van der Waals surface area (Å²) in [5, 5.41) is 3.43. The number of rotatable bonds is 13. The maximum atomic E-state index is 13.6. The summed E-state index contributed by atoms with van der Waals surface area (Å²) in [6.07, 6.45) is 2.20. The Morgan fingerprint density at radius 1 is 0.972 bits per heavy atom. The highest BCUT2D eigenvalue weighted by atomic mass is 35.5. The van der Waals surface area contributed by atoms with E-state index in [2.05, 4.69) is 12.2 Å². The SMILES string of the molecule is CCCCNC(=O)[C@@H](Cc1ccccc1)N(Cc1cccc(OC)c1)C(=O)COc1ccccc1Cl. The van der Waals surface area contributed by atoms with Gasteiger partial charge in [-0.1, -0.05) is 79.5 Å². The van der Waals surface area contributed by atoms with E-state index in [-0.39, 0.29) is 25.0 Å². The lowest BCUT2D eigenvalue weighted by molar-refractivity contribution is -0.142. The van der Waals surface area contributed by atoms with Gasteiger partial charge in [-0.2, -0.15) is 0 Å². The molecule has 2 amide bonds. The summed E-state index contributed by atoms with van der Waals surface area (Å²) in [6.45, 7) is 2.60. The number of nitrogens with zero attached hydrogens (tertiary/aromatic N) is 1. The molecule has 3 aromatic rings. The molecule has 0 aliphatic heterocycles. The van der Waals surface area contributed by atoms with Gasteiger partial charge in [-0.3, -0.25) is 9.59 Å². The van der Waals surface area contributed by atoms with Crippen LogP contribution in [-0.2, 0) is 22.6 Å². The zero-order valence-electron chi connectivity index (χ0n) is 20.8. The average molecular weight is 509 g/mol. The number of carbonyl (C=O) groups excluding carboxylic acids is 2. The van der Waals surface area contributed by atoms with Gasteiger partial charge < -0.3 is 19.7 Å². The van der Waals surface area contributed by atoms with Gasteiger partial charge in [0.1, 0.15) is 17.5 Å². The minimum absolute atomic E-state index is 0.193. The van der Waals surface area contributed by atoms with Crippen molar-refractivity contribution in [2.45, 2.75) is 38.8 Å². The van der Waals surface area contributed by atoms with E-state index in [0.29, 0.717) is 29.5 Å². The number of unbranched alkanes of at least 4 members (excludes halogenated alkanes) is 1. The van der Waals surface area contributed by atoms with Crippen molar-refractivity contribution in [3.05, 3.63) is 95.0 Å². The van der Waals surface area contributed by atoms with Gasteiger partial charge in [0.15, 0.2) is 6.61 Å². The topological polar surface area (TPSA) is 67.9 Å². The molecule has 0 saturated carbocycles. The first-order chi connectivity index (χ1) is 17.5. The van der Waals surface area contributed by atoms with Crippen LogP contribution < -0.4 is 14.8 Å². The number of hydrogen-bond acceptors (Lipinski definition) is 4. The second-order valence-electron chi connectivity index (χ2n) is 8.44. The third-order valence-electron chi connectivity index (χ3n) is 5.78. The zero-order valence-corrected chi connectivity index (χ0v) is 21.5. The quantitative estimate of drug-likeness (QED) is 0.319. The standard InChI is InChI=1S/C29H33ClN2O4/c1-3-4-17-31-29(34)26(19-22-11-6-5-7-12-22)32(20-23-13-10-14-24(18-23)35-2)28(33)21-36-27-16-9-8-15-25(27)30/h5-16,18,26H,3-4,17,19-21H2,1-2H3,(H,31,34)/t26-/m1/s1. The number of halogens is 1. The number of ether oxygens (including phenoxy) is 2. The Morgan fingerprint density at radius 3 is 2.42 bits per heavy atom. The van der Waals surface area contributed by atoms with Gasteiger partial charge in [0.25, 0.3) is 5.91 Å². The Labute approximate surface area is 218 Å². The summed E-state index contributed by atoms with van der Waals surface area (Å²) in [4.78, 5) is 28.6. The number of nitrogens with one attached hydrogen (secondary N) is 1. The molecular formula is C29H33ClN2O4. The first-order valence-electron chi connectivity index (χ1n) is 12.1. The van der Waals surface area contributed by atoms with E-state index in [1.54, 1.807) is 36.3 Å². The fourth-order valence-electron chi connectivity index (χ4n) is 3.81.